The molecule has 0 saturated heterocycles. The van der Waals surface area contributed by atoms with Crippen LogP contribution in [-0.2, 0) is 16.1 Å². The van der Waals surface area contributed by atoms with E-state index >= 15 is 0 Å². The molecule has 0 atom stereocenters. The van der Waals surface area contributed by atoms with E-state index in [2.05, 4.69) is 15.6 Å². The quantitative estimate of drug-likeness (QED) is 0.758. The van der Waals surface area contributed by atoms with Gasteiger partial charge in [0.15, 0.2) is 0 Å². The zero-order chi connectivity index (χ0) is 19.8. The smallest absolute Gasteiger partial charge is 0.244 e. The van der Waals surface area contributed by atoms with Gasteiger partial charge in [-0.05, 0) is 61.9 Å². The number of nitrogens with one attached hydrogen (secondary N) is 2. The number of nitrogens with zero attached hydrogens (tertiary/aromatic N) is 1. The van der Waals surface area contributed by atoms with Gasteiger partial charge < -0.3 is 10.6 Å². The molecule has 1 heterocycles. The van der Waals surface area contributed by atoms with E-state index in [9.17, 15) is 9.59 Å². The zero-order valence-electron chi connectivity index (χ0n) is 16.2. The summed E-state index contributed by atoms with van der Waals surface area (Å²) in [4.78, 5) is 28.8. The van der Waals surface area contributed by atoms with Gasteiger partial charge in [0.1, 0.15) is 0 Å². The van der Waals surface area contributed by atoms with Crippen LogP contribution in [0.15, 0.2) is 54.7 Å². The van der Waals surface area contributed by atoms with Crippen molar-refractivity contribution in [2.24, 2.45) is 5.92 Å². The van der Waals surface area contributed by atoms with Crippen LogP contribution in [0.2, 0.25) is 0 Å². The molecule has 2 N–H and O–H groups in total. The highest BCUT2D eigenvalue weighted by Gasteiger charge is 2.26. The first-order valence-corrected chi connectivity index (χ1v) is 9.83. The molecule has 5 nitrogen and oxygen atoms in total. The van der Waals surface area contributed by atoms with Gasteiger partial charge in [-0.15, -0.1) is 0 Å². The Morgan fingerprint density at radius 2 is 1.86 bits per heavy atom. The van der Waals surface area contributed by atoms with Crippen molar-refractivity contribution in [3.05, 3.63) is 71.6 Å². The first kappa shape index (κ1) is 19.8. The molecule has 2 amide bonds. The van der Waals surface area contributed by atoms with E-state index < -0.39 is 0 Å². The second kappa shape index (κ2) is 9.83. The van der Waals surface area contributed by atoms with Gasteiger partial charge in [-0.3, -0.25) is 14.6 Å². The Bertz CT molecular complexity index is 825. The molecule has 1 aliphatic carbocycles. The largest absolute Gasteiger partial charge is 0.350 e. The molecule has 0 aliphatic heterocycles. The van der Waals surface area contributed by atoms with Gasteiger partial charge in [0, 0.05) is 24.2 Å². The average Bonchev–Trinajstić information content (AvgIpc) is 2.72. The molecule has 0 spiro atoms. The molecular formula is C23H27N3O2. The van der Waals surface area contributed by atoms with E-state index in [1.807, 2.05) is 55.5 Å². The van der Waals surface area contributed by atoms with E-state index in [4.69, 9.17) is 0 Å². The van der Waals surface area contributed by atoms with Crippen LogP contribution < -0.4 is 10.6 Å². The maximum Gasteiger partial charge on any atom is 0.244 e. The number of rotatable bonds is 6. The van der Waals surface area contributed by atoms with Crippen LogP contribution in [0.4, 0.5) is 0 Å². The molecule has 2 aromatic rings. The maximum atomic E-state index is 12.4. The van der Waals surface area contributed by atoms with Crippen molar-refractivity contribution in [2.75, 3.05) is 0 Å². The van der Waals surface area contributed by atoms with Gasteiger partial charge in [0.05, 0.1) is 12.2 Å². The van der Waals surface area contributed by atoms with Gasteiger partial charge in [0.25, 0.3) is 0 Å². The highest BCUT2D eigenvalue weighted by atomic mass is 16.2. The van der Waals surface area contributed by atoms with Crippen LogP contribution in [0.3, 0.4) is 0 Å². The summed E-state index contributed by atoms with van der Waals surface area (Å²) >= 11 is 0. The number of pyridine rings is 1. The van der Waals surface area contributed by atoms with Gasteiger partial charge in [0.2, 0.25) is 11.8 Å². The number of carbonyl (C=O) groups excluding carboxylic acids is 2. The van der Waals surface area contributed by atoms with Crippen molar-refractivity contribution in [1.29, 1.82) is 0 Å². The normalized spacial score (nSPS) is 19.3. The summed E-state index contributed by atoms with van der Waals surface area (Å²) in [6.45, 7) is 2.47. The average molecular weight is 377 g/mol. The van der Waals surface area contributed by atoms with Crippen molar-refractivity contribution in [3.8, 4) is 0 Å². The molecule has 0 radical (unpaired) electrons. The fourth-order valence-electron chi connectivity index (χ4n) is 3.50. The van der Waals surface area contributed by atoms with Gasteiger partial charge in [-0.1, -0.05) is 30.3 Å². The lowest BCUT2D eigenvalue weighted by molar-refractivity contribution is -0.126. The summed E-state index contributed by atoms with van der Waals surface area (Å²) in [6, 6.07) is 13.8. The van der Waals surface area contributed by atoms with Crippen LogP contribution >= 0.6 is 0 Å². The van der Waals surface area contributed by atoms with E-state index in [1.165, 1.54) is 0 Å². The second-order valence-corrected chi connectivity index (χ2v) is 7.34. The van der Waals surface area contributed by atoms with E-state index in [0.29, 0.717) is 6.54 Å². The van der Waals surface area contributed by atoms with Crippen molar-refractivity contribution in [2.45, 2.75) is 45.2 Å². The Morgan fingerprint density at radius 1 is 1.11 bits per heavy atom. The summed E-state index contributed by atoms with van der Waals surface area (Å²) < 4.78 is 0. The number of aryl methyl sites for hydroxylation is 1. The summed E-state index contributed by atoms with van der Waals surface area (Å²) in [5, 5.41) is 6.04. The van der Waals surface area contributed by atoms with Gasteiger partial charge in [-0.2, -0.15) is 0 Å². The predicted molar refractivity (Wildman–Crippen MR) is 110 cm³/mol. The van der Waals surface area contributed by atoms with Crippen LogP contribution in [-0.4, -0.2) is 22.8 Å². The minimum absolute atomic E-state index is 0.0119. The number of carbonyl (C=O) groups is 2. The number of hydrogen-bond donors (Lipinski definition) is 2. The van der Waals surface area contributed by atoms with Gasteiger partial charge >= 0.3 is 0 Å². The van der Waals surface area contributed by atoms with Crippen molar-refractivity contribution in [3.63, 3.8) is 0 Å². The standard InChI is InChI=1S/C23H27N3O2/c1-17-13-14-24-21(15-17)16-25-23(28)19-8-10-20(11-9-19)26-22(27)12-7-18-5-3-2-4-6-18/h2-7,12-15,19-20H,8-11,16H2,1H3,(H,25,28)(H,26,27). The molecule has 5 heteroatoms. The fraction of sp³-hybridized carbons (Fsp3) is 0.348. The third-order valence-corrected chi connectivity index (χ3v) is 5.09. The zero-order valence-corrected chi connectivity index (χ0v) is 16.2. The highest BCUT2D eigenvalue weighted by Crippen LogP contribution is 2.24. The van der Waals surface area contributed by atoms with Gasteiger partial charge in [-0.25, -0.2) is 0 Å². The summed E-state index contributed by atoms with van der Waals surface area (Å²) in [7, 11) is 0. The monoisotopic (exact) mass is 377 g/mol. The molecule has 3 rings (SSSR count). The molecule has 1 saturated carbocycles. The van der Waals surface area contributed by atoms with Crippen LogP contribution in [0.25, 0.3) is 6.08 Å². The topological polar surface area (TPSA) is 71.1 Å². The van der Waals surface area contributed by atoms with Crippen LogP contribution in [0, 0.1) is 12.8 Å². The van der Waals surface area contributed by atoms with E-state index in [0.717, 1.165) is 42.5 Å². The molecule has 0 bridgehead atoms. The second-order valence-electron chi connectivity index (χ2n) is 7.34. The molecule has 146 valence electrons. The van der Waals surface area contributed by atoms with Crippen molar-refractivity contribution < 1.29 is 9.59 Å². The lowest BCUT2D eigenvalue weighted by Crippen LogP contribution is -2.40. The first-order chi connectivity index (χ1) is 13.6. The Hall–Kier alpha value is -2.95. The number of amides is 2. The third kappa shape index (κ3) is 6.05. The Kier molecular flexibility index (Phi) is 6.95. The minimum Gasteiger partial charge on any atom is -0.350 e. The molecule has 1 fully saturated rings. The molecule has 28 heavy (non-hydrogen) atoms. The molecule has 0 unspecified atom stereocenters. The summed E-state index contributed by atoms with van der Waals surface area (Å²) in [5.74, 6) is 0.0113. The molecule has 1 aromatic carbocycles. The maximum absolute atomic E-state index is 12.4. The number of hydrogen-bond acceptors (Lipinski definition) is 3. The number of benzene rings is 1. The first-order valence-electron chi connectivity index (χ1n) is 9.83. The van der Waals surface area contributed by atoms with E-state index in [-0.39, 0.29) is 23.8 Å². The van der Waals surface area contributed by atoms with Crippen LogP contribution in [0.1, 0.15) is 42.5 Å². The molecular weight excluding hydrogens is 350 g/mol. The van der Waals surface area contributed by atoms with Crippen molar-refractivity contribution in [1.82, 2.24) is 15.6 Å². The number of aromatic nitrogens is 1. The minimum atomic E-state index is -0.0812. The third-order valence-electron chi connectivity index (χ3n) is 5.09. The fourth-order valence-corrected chi connectivity index (χ4v) is 3.50. The Labute approximate surface area is 166 Å². The lowest BCUT2D eigenvalue weighted by Gasteiger charge is -2.28. The molecule has 1 aliphatic rings. The van der Waals surface area contributed by atoms with Crippen molar-refractivity contribution >= 4 is 17.9 Å². The molecule has 1 aromatic heterocycles. The lowest BCUT2D eigenvalue weighted by atomic mass is 9.85. The Balaban J connectivity index is 1.39. The summed E-state index contributed by atoms with van der Waals surface area (Å²) in [6.07, 6.45) is 8.38. The van der Waals surface area contributed by atoms with E-state index in [1.54, 1.807) is 12.3 Å². The Morgan fingerprint density at radius 3 is 2.57 bits per heavy atom. The SMILES string of the molecule is Cc1ccnc(CNC(=O)C2CCC(NC(=O)C=Cc3ccccc3)CC2)c1. The predicted octanol–water partition coefficient (Wildman–Crippen LogP) is 3.39. The highest BCUT2D eigenvalue weighted by molar-refractivity contribution is 5.91. The van der Waals surface area contributed by atoms with Crippen LogP contribution in [0.5, 0.6) is 0 Å². The summed E-state index contributed by atoms with van der Waals surface area (Å²) in [5.41, 5.74) is 3.01.